The Morgan fingerprint density at radius 3 is 2.14 bits per heavy atom. The molecule has 0 saturated heterocycles. The Labute approximate surface area is 126 Å². The minimum Gasteiger partial charge on any atom is -0.497 e. The maximum Gasteiger partial charge on any atom is 0.241 e. The molecule has 0 atom stereocenters. The lowest BCUT2D eigenvalue weighted by Gasteiger charge is -2.25. The Morgan fingerprint density at radius 2 is 1.76 bits per heavy atom. The van der Waals surface area contributed by atoms with Gasteiger partial charge in [0, 0.05) is 5.54 Å². The normalized spacial score (nSPS) is 11.9. The highest BCUT2D eigenvalue weighted by molar-refractivity contribution is 7.92. The quantitative estimate of drug-likeness (QED) is 0.891. The van der Waals surface area contributed by atoms with Crippen LogP contribution in [0.5, 0.6) is 5.75 Å². The van der Waals surface area contributed by atoms with Crippen LogP contribution >= 0.6 is 0 Å². The summed E-state index contributed by atoms with van der Waals surface area (Å²) in [5.41, 5.74) is 0.00235. The second-order valence-corrected chi connectivity index (χ2v) is 7.67. The third-order valence-corrected chi connectivity index (χ3v) is 3.70. The molecule has 0 radical (unpaired) electrons. The van der Waals surface area contributed by atoms with E-state index in [0.29, 0.717) is 11.4 Å². The summed E-state index contributed by atoms with van der Waals surface area (Å²) in [6.45, 7) is 5.25. The number of rotatable bonds is 5. The number of ether oxygens (including phenoxy) is 1. The number of amides is 1. The molecule has 0 aliphatic rings. The highest BCUT2D eigenvalue weighted by atomic mass is 32.2. The average molecular weight is 314 g/mol. The Morgan fingerprint density at radius 1 is 1.24 bits per heavy atom. The fraction of sp³-hybridized carbons (Fsp3) is 0.500. The summed E-state index contributed by atoms with van der Waals surface area (Å²) in [6.07, 6.45) is 1.07. The second kappa shape index (κ2) is 6.34. The van der Waals surface area contributed by atoms with Gasteiger partial charge in [-0.15, -0.1) is 0 Å². The molecule has 1 rings (SSSR count). The number of carbonyl (C=O) groups excluding carboxylic acids is 1. The molecular formula is C14H22N2O4S. The number of carbonyl (C=O) groups is 1. The second-order valence-electron chi connectivity index (χ2n) is 5.77. The van der Waals surface area contributed by atoms with Gasteiger partial charge in [0.2, 0.25) is 15.9 Å². The maximum absolute atomic E-state index is 12.0. The summed E-state index contributed by atoms with van der Waals surface area (Å²) in [6, 6.07) is 6.50. The number of hydrogen-bond donors (Lipinski definition) is 1. The predicted octanol–water partition coefficient (Wildman–Crippen LogP) is 1.38. The zero-order valence-electron chi connectivity index (χ0n) is 13.0. The monoisotopic (exact) mass is 314 g/mol. The van der Waals surface area contributed by atoms with Crippen LogP contribution in [-0.4, -0.2) is 39.8 Å². The fourth-order valence-corrected chi connectivity index (χ4v) is 2.59. The molecule has 0 bridgehead atoms. The Bertz CT molecular complexity index is 588. The van der Waals surface area contributed by atoms with Crippen molar-refractivity contribution in [1.29, 1.82) is 0 Å². The molecule has 0 aliphatic heterocycles. The third-order valence-electron chi connectivity index (χ3n) is 2.56. The van der Waals surface area contributed by atoms with Gasteiger partial charge in [0.1, 0.15) is 12.3 Å². The molecule has 1 amide bonds. The van der Waals surface area contributed by atoms with Crippen molar-refractivity contribution in [3.05, 3.63) is 24.3 Å². The molecule has 0 unspecified atom stereocenters. The van der Waals surface area contributed by atoms with Crippen LogP contribution in [0.1, 0.15) is 20.8 Å². The summed E-state index contributed by atoms with van der Waals surface area (Å²) in [5.74, 6) is 0.259. The highest BCUT2D eigenvalue weighted by Gasteiger charge is 2.23. The molecule has 0 fully saturated rings. The van der Waals surface area contributed by atoms with E-state index < -0.39 is 15.6 Å². The zero-order valence-corrected chi connectivity index (χ0v) is 13.8. The van der Waals surface area contributed by atoms with Crippen LogP contribution in [0.3, 0.4) is 0 Å². The van der Waals surface area contributed by atoms with Crippen molar-refractivity contribution in [3.8, 4) is 5.75 Å². The summed E-state index contributed by atoms with van der Waals surface area (Å²) >= 11 is 0. The highest BCUT2D eigenvalue weighted by Crippen LogP contribution is 2.21. The van der Waals surface area contributed by atoms with E-state index in [0.717, 1.165) is 10.6 Å². The van der Waals surface area contributed by atoms with E-state index in [1.165, 1.54) is 7.11 Å². The molecule has 6 nitrogen and oxygen atoms in total. The lowest BCUT2D eigenvalue weighted by atomic mass is 10.1. The van der Waals surface area contributed by atoms with Gasteiger partial charge in [0.15, 0.2) is 0 Å². The molecule has 1 aromatic carbocycles. The van der Waals surface area contributed by atoms with Crippen LogP contribution in [0.25, 0.3) is 0 Å². The van der Waals surface area contributed by atoms with E-state index >= 15 is 0 Å². The van der Waals surface area contributed by atoms with Crippen LogP contribution in [0.15, 0.2) is 24.3 Å². The summed E-state index contributed by atoms with van der Waals surface area (Å²) in [4.78, 5) is 12.0. The molecule has 0 spiro atoms. The van der Waals surface area contributed by atoms with Crippen molar-refractivity contribution in [2.24, 2.45) is 0 Å². The first-order chi connectivity index (χ1) is 9.53. The number of methoxy groups -OCH3 is 1. The molecule has 0 aromatic heterocycles. The van der Waals surface area contributed by atoms with E-state index in [2.05, 4.69) is 5.32 Å². The Hall–Kier alpha value is -1.76. The molecule has 7 heteroatoms. The summed E-state index contributed by atoms with van der Waals surface area (Å²) < 4.78 is 29.9. The molecular weight excluding hydrogens is 292 g/mol. The SMILES string of the molecule is COc1ccc(N(CC(=O)NC(C)(C)C)S(C)(=O)=O)cc1. The standard InChI is InChI=1S/C14H22N2O4S/c1-14(2,3)15-13(17)10-16(21(5,18)19)11-6-8-12(20-4)9-7-11/h6-9H,10H2,1-5H3,(H,15,17). The number of benzene rings is 1. The molecule has 0 saturated carbocycles. The van der Waals surface area contributed by atoms with Gasteiger partial charge in [0.25, 0.3) is 0 Å². The van der Waals surface area contributed by atoms with Crippen molar-refractivity contribution in [2.45, 2.75) is 26.3 Å². The molecule has 1 aromatic rings. The van der Waals surface area contributed by atoms with E-state index in [4.69, 9.17) is 4.74 Å². The average Bonchev–Trinajstić information content (AvgIpc) is 2.33. The van der Waals surface area contributed by atoms with Gasteiger partial charge in [0.05, 0.1) is 19.1 Å². The van der Waals surface area contributed by atoms with Gasteiger partial charge in [-0.25, -0.2) is 8.42 Å². The van der Waals surface area contributed by atoms with Crippen LogP contribution in [0, 0.1) is 0 Å². The number of hydrogen-bond acceptors (Lipinski definition) is 4. The number of nitrogens with one attached hydrogen (secondary N) is 1. The Balaban J connectivity index is 2.99. The molecule has 1 N–H and O–H groups in total. The van der Waals surface area contributed by atoms with E-state index in [9.17, 15) is 13.2 Å². The molecule has 21 heavy (non-hydrogen) atoms. The fourth-order valence-electron chi connectivity index (χ4n) is 1.74. The zero-order chi connectivity index (χ0) is 16.3. The van der Waals surface area contributed by atoms with Crippen LogP contribution < -0.4 is 14.4 Å². The number of nitrogens with zero attached hydrogens (tertiary/aromatic N) is 1. The number of sulfonamides is 1. The van der Waals surface area contributed by atoms with Crippen molar-refractivity contribution in [3.63, 3.8) is 0 Å². The van der Waals surface area contributed by atoms with E-state index in [1.54, 1.807) is 24.3 Å². The van der Waals surface area contributed by atoms with Crippen molar-refractivity contribution < 1.29 is 17.9 Å². The Kier molecular flexibility index (Phi) is 5.22. The first-order valence-electron chi connectivity index (χ1n) is 6.46. The maximum atomic E-state index is 12.0. The van der Waals surface area contributed by atoms with Gasteiger partial charge in [-0.3, -0.25) is 9.10 Å². The topological polar surface area (TPSA) is 75.7 Å². The molecule has 0 heterocycles. The van der Waals surface area contributed by atoms with Gasteiger partial charge in [-0.1, -0.05) is 0 Å². The van der Waals surface area contributed by atoms with Gasteiger partial charge >= 0.3 is 0 Å². The molecule has 0 aliphatic carbocycles. The van der Waals surface area contributed by atoms with Gasteiger partial charge in [-0.2, -0.15) is 0 Å². The third kappa shape index (κ3) is 5.63. The van der Waals surface area contributed by atoms with Crippen molar-refractivity contribution in [2.75, 3.05) is 24.2 Å². The summed E-state index contributed by atoms with van der Waals surface area (Å²) in [7, 11) is -2.03. The van der Waals surface area contributed by atoms with Gasteiger partial charge in [-0.05, 0) is 45.0 Å². The van der Waals surface area contributed by atoms with Crippen LogP contribution in [0.4, 0.5) is 5.69 Å². The van der Waals surface area contributed by atoms with E-state index in [1.807, 2.05) is 20.8 Å². The summed E-state index contributed by atoms with van der Waals surface area (Å²) in [5, 5.41) is 2.74. The van der Waals surface area contributed by atoms with Crippen LogP contribution in [-0.2, 0) is 14.8 Å². The van der Waals surface area contributed by atoms with Crippen LogP contribution in [0.2, 0.25) is 0 Å². The lowest BCUT2D eigenvalue weighted by Crippen LogP contribution is -2.47. The smallest absolute Gasteiger partial charge is 0.241 e. The minimum atomic E-state index is -3.56. The van der Waals surface area contributed by atoms with Crippen molar-refractivity contribution >= 4 is 21.6 Å². The first kappa shape index (κ1) is 17.3. The van der Waals surface area contributed by atoms with Crippen molar-refractivity contribution in [1.82, 2.24) is 5.32 Å². The van der Waals surface area contributed by atoms with Gasteiger partial charge < -0.3 is 10.1 Å². The predicted molar refractivity (Wildman–Crippen MR) is 83.1 cm³/mol. The largest absolute Gasteiger partial charge is 0.497 e. The van der Waals surface area contributed by atoms with E-state index in [-0.39, 0.29) is 12.5 Å². The lowest BCUT2D eigenvalue weighted by molar-refractivity contribution is -0.121. The first-order valence-corrected chi connectivity index (χ1v) is 8.30. The number of anilines is 1. The minimum absolute atomic E-state index is 0.261. The molecule has 118 valence electrons.